The summed E-state index contributed by atoms with van der Waals surface area (Å²) in [6.45, 7) is 5.76. The summed E-state index contributed by atoms with van der Waals surface area (Å²) >= 11 is 0. The lowest BCUT2D eigenvalue weighted by Gasteiger charge is -2.27. The molecule has 0 aromatic heterocycles. The molecular formula is C12H23N2O3+. The summed E-state index contributed by atoms with van der Waals surface area (Å²) in [5, 5.41) is 2.54. The Labute approximate surface area is 104 Å². The molecule has 0 unspecified atom stereocenters. The molecule has 0 atom stereocenters. The molecule has 0 aliphatic rings. The average Bonchev–Trinajstić information content (AvgIpc) is 2.31. The van der Waals surface area contributed by atoms with Gasteiger partial charge < -0.3 is 19.3 Å². The predicted molar refractivity (Wildman–Crippen MR) is 66.5 cm³/mol. The third kappa shape index (κ3) is 9.67. The molecule has 0 radical (unpaired) electrons. The van der Waals surface area contributed by atoms with Crippen LogP contribution in [0.15, 0.2) is 0 Å². The van der Waals surface area contributed by atoms with Crippen LogP contribution >= 0.6 is 0 Å². The van der Waals surface area contributed by atoms with Gasteiger partial charge in [-0.2, -0.15) is 0 Å². The van der Waals surface area contributed by atoms with Crippen LogP contribution in [0.2, 0.25) is 0 Å². The largest absolute Gasteiger partial charge is 0.436 e. The van der Waals surface area contributed by atoms with E-state index in [0.29, 0.717) is 19.8 Å². The summed E-state index contributed by atoms with van der Waals surface area (Å²) in [6, 6.07) is 0. The fourth-order valence-electron chi connectivity index (χ4n) is 0.955. The van der Waals surface area contributed by atoms with Crippen LogP contribution in [0.3, 0.4) is 0 Å². The Morgan fingerprint density at radius 3 is 2.71 bits per heavy atom. The van der Waals surface area contributed by atoms with E-state index in [1.54, 1.807) is 0 Å². The number of nitrogens with one attached hydrogen (secondary N) is 1. The predicted octanol–water partition coefficient (Wildman–Crippen LogP) is 0.459. The van der Waals surface area contributed by atoms with Crippen molar-refractivity contribution in [3.8, 4) is 12.3 Å². The highest BCUT2D eigenvalue weighted by Gasteiger charge is 2.10. The Morgan fingerprint density at radius 1 is 1.41 bits per heavy atom. The number of terminal acetylenes is 1. The van der Waals surface area contributed by atoms with Gasteiger partial charge in [-0.3, -0.25) is 0 Å². The van der Waals surface area contributed by atoms with Gasteiger partial charge in [0.25, 0.3) is 0 Å². The van der Waals surface area contributed by atoms with Gasteiger partial charge in [-0.15, -0.1) is 6.42 Å². The van der Waals surface area contributed by atoms with E-state index in [9.17, 15) is 4.79 Å². The molecule has 1 amide bonds. The van der Waals surface area contributed by atoms with Crippen LogP contribution < -0.4 is 5.32 Å². The highest BCUT2D eigenvalue weighted by molar-refractivity contribution is 5.67. The Kier molecular flexibility index (Phi) is 8.20. The van der Waals surface area contributed by atoms with Crippen molar-refractivity contribution in [1.82, 2.24) is 5.32 Å². The van der Waals surface area contributed by atoms with Crippen LogP contribution in [-0.2, 0) is 9.47 Å². The fourth-order valence-corrected chi connectivity index (χ4v) is 0.955. The maximum atomic E-state index is 11.0. The summed E-state index contributed by atoms with van der Waals surface area (Å²) in [6.07, 6.45) is 4.44. The van der Waals surface area contributed by atoms with E-state index in [1.165, 1.54) is 0 Å². The zero-order chi connectivity index (χ0) is 13.1. The molecule has 0 heterocycles. The molecule has 0 aromatic carbocycles. The lowest BCUT2D eigenvalue weighted by molar-refractivity contribution is -0.888. The third-order valence-electron chi connectivity index (χ3n) is 2.50. The van der Waals surface area contributed by atoms with E-state index in [-0.39, 0.29) is 6.61 Å². The molecule has 0 bridgehead atoms. The second-order valence-electron chi connectivity index (χ2n) is 4.29. The number of nitrogens with zero attached hydrogens (tertiary/aromatic N) is 1. The van der Waals surface area contributed by atoms with Gasteiger partial charge in [-0.05, 0) is 6.92 Å². The van der Waals surface area contributed by atoms with Crippen LogP contribution in [0.25, 0.3) is 0 Å². The molecule has 0 aromatic rings. The van der Waals surface area contributed by atoms with Gasteiger partial charge in [0.05, 0.1) is 33.9 Å². The highest BCUT2D eigenvalue weighted by atomic mass is 16.5. The van der Waals surface area contributed by atoms with E-state index in [1.807, 2.05) is 0 Å². The number of likely N-dealkylation sites (N-methyl/N-ethyl adjacent to an activating group) is 1. The average molecular weight is 243 g/mol. The number of quaternary nitrogens is 1. The first-order chi connectivity index (χ1) is 8.02. The zero-order valence-electron chi connectivity index (χ0n) is 11.0. The smallest absolute Gasteiger partial charge is 0.408 e. The van der Waals surface area contributed by atoms with Crippen molar-refractivity contribution in [2.45, 2.75) is 6.92 Å². The molecule has 5 nitrogen and oxygen atoms in total. The summed E-state index contributed by atoms with van der Waals surface area (Å²) < 4.78 is 11.0. The quantitative estimate of drug-likeness (QED) is 0.383. The normalized spacial score (nSPS) is 10.7. The van der Waals surface area contributed by atoms with Crippen LogP contribution in [0.5, 0.6) is 0 Å². The highest BCUT2D eigenvalue weighted by Crippen LogP contribution is 1.94. The topological polar surface area (TPSA) is 47.6 Å². The van der Waals surface area contributed by atoms with Crippen LogP contribution in [0, 0.1) is 12.3 Å². The second-order valence-corrected chi connectivity index (χ2v) is 4.29. The van der Waals surface area contributed by atoms with E-state index < -0.39 is 6.09 Å². The standard InChI is InChI=1S/C12H22N2O3/c1-5-9-17-12(15)13-7-10-16-11-8-14(3,4)6-2/h1H,6-11H2,2-4H3/p+1. The van der Waals surface area contributed by atoms with Crippen molar-refractivity contribution in [1.29, 1.82) is 0 Å². The molecule has 98 valence electrons. The minimum absolute atomic E-state index is 0.00510. The van der Waals surface area contributed by atoms with Gasteiger partial charge in [0.15, 0.2) is 6.61 Å². The molecule has 1 N–H and O–H groups in total. The number of hydrogen-bond acceptors (Lipinski definition) is 3. The molecule has 0 saturated carbocycles. The summed E-state index contributed by atoms with van der Waals surface area (Å²) in [4.78, 5) is 11.0. The van der Waals surface area contributed by atoms with Crippen molar-refractivity contribution in [3.05, 3.63) is 0 Å². The van der Waals surface area contributed by atoms with Crippen molar-refractivity contribution in [2.75, 3.05) is 53.6 Å². The number of carbonyl (C=O) groups excluding carboxylic acids is 1. The summed E-state index contributed by atoms with van der Waals surface area (Å²) in [5.74, 6) is 2.22. The van der Waals surface area contributed by atoms with Crippen LogP contribution in [-0.4, -0.2) is 64.1 Å². The monoisotopic (exact) mass is 243 g/mol. The number of alkyl carbamates (subject to hydrolysis) is 1. The molecule has 0 aliphatic carbocycles. The molecule has 17 heavy (non-hydrogen) atoms. The summed E-state index contributed by atoms with van der Waals surface area (Å²) in [7, 11) is 4.30. The van der Waals surface area contributed by atoms with Crippen molar-refractivity contribution in [3.63, 3.8) is 0 Å². The maximum absolute atomic E-state index is 11.0. The molecular weight excluding hydrogens is 220 g/mol. The number of carbonyl (C=O) groups is 1. The molecule has 0 fully saturated rings. The maximum Gasteiger partial charge on any atom is 0.408 e. The number of ether oxygens (including phenoxy) is 2. The Morgan fingerprint density at radius 2 is 2.12 bits per heavy atom. The Hall–Kier alpha value is -1.25. The molecule has 0 aliphatic heterocycles. The van der Waals surface area contributed by atoms with Gasteiger partial charge in [-0.1, -0.05) is 5.92 Å². The Bertz CT molecular complexity index is 259. The van der Waals surface area contributed by atoms with Crippen molar-refractivity contribution >= 4 is 6.09 Å². The van der Waals surface area contributed by atoms with Gasteiger partial charge in [0.2, 0.25) is 0 Å². The minimum atomic E-state index is -0.504. The van der Waals surface area contributed by atoms with E-state index in [4.69, 9.17) is 11.2 Å². The van der Waals surface area contributed by atoms with Gasteiger partial charge >= 0.3 is 6.09 Å². The third-order valence-corrected chi connectivity index (χ3v) is 2.50. The second kappa shape index (κ2) is 8.85. The lowest BCUT2D eigenvalue weighted by atomic mass is 10.4. The van der Waals surface area contributed by atoms with Gasteiger partial charge in [0.1, 0.15) is 6.54 Å². The molecule has 0 rings (SSSR count). The van der Waals surface area contributed by atoms with E-state index in [0.717, 1.165) is 17.6 Å². The van der Waals surface area contributed by atoms with Crippen LogP contribution in [0.1, 0.15) is 6.92 Å². The summed E-state index contributed by atoms with van der Waals surface area (Å²) in [5.41, 5.74) is 0. The van der Waals surface area contributed by atoms with E-state index in [2.05, 4.69) is 37.0 Å². The van der Waals surface area contributed by atoms with E-state index >= 15 is 0 Å². The molecule has 5 heteroatoms. The zero-order valence-corrected chi connectivity index (χ0v) is 11.0. The number of rotatable bonds is 8. The first-order valence-corrected chi connectivity index (χ1v) is 5.75. The number of hydrogen-bond donors (Lipinski definition) is 1. The Balaban J connectivity index is 3.36. The first kappa shape index (κ1) is 15.8. The number of amides is 1. The van der Waals surface area contributed by atoms with Crippen molar-refractivity contribution in [2.24, 2.45) is 0 Å². The van der Waals surface area contributed by atoms with Gasteiger partial charge in [-0.25, -0.2) is 4.79 Å². The lowest BCUT2D eigenvalue weighted by Crippen LogP contribution is -2.42. The SMILES string of the molecule is C#CCOC(=O)NCCOCC[N+](C)(C)CC. The van der Waals surface area contributed by atoms with Crippen molar-refractivity contribution < 1.29 is 18.8 Å². The van der Waals surface area contributed by atoms with Crippen LogP contribution in [0.4, 0.5) is 4.79 Å². The molecule has 0 saturated heterocycles. The minimum Gasteiger partial charge on any atom is -0.436 e. The molecule has 0 spiro atoms. The van der Waals surface area contributed by atoms with Gasteiger partial charge in [0, 0.05) is 6.54 Å². The first-order valence-electron chi connectivity index (χ1n) is 5.75. The fraction of sp³-hybridized carbons (Fsp3) is 0.750.